The number of carbonyl (C=O) groups is 1. The molecule has 0 unspecified atom stereocenters. The van der Waals surface area contributed by atoms with Gasteiger partial charge in [0.2, 0.25) is 0 Å². The number of fused-ring (bicyclic) bond motifs is 1. The summed E-state index contributed by atoms with van der Waals surface area (Å²) in [6.07, 6.45) is 9.11. The zero-order chi connectivity index (χ0) is 22.1. The van der Waals surface area contributed by atoms with Crippen LogP contribution >= 0.6 is 24.0 Å². The molecule has 0 radical (unpaired) electrons. The van der Waals surface area contributed by atoms with Crippen molar-refractivity contribution in [3.8, 4) is 0 Å². The van der Waals surface area contributed by atoms with Gasteiger partial charge in [0.15, 0.2) is 0 Å². The minimum absolute atomic E-state index is 0.138. The molecule has 0 bridgehead atoms. The van der Waals surface area contributed by atoms with Crippen LogP contribution in [0.5, 0.6) is 0 Å². The van der Waals surface area contributed by atoms with Gasteiger partial charge in [-0.2, -0.15) is 0 Å². The van der Waals surface area contributed by atoms with E-state index in [0.717, 1.165) is 18.4 Å². The van der Waals surface area contributed by atoms with Gasteiger partial charge in [0.05, 0.1) is 10.5 Å². The quantitative estimate of drug-likeness (QED) is 0.524. The largest absolute Gasteiger partial charge is 0.367 e. The van der Waals surface area contributed by atoms with Gasteiger partial charge in [0, 0.05) is 18.8 Å². The van der Waals surface area contributed by atoms with Gasteiger partial charge < -0.3 is 5.32 Å². The van der Waals surface area contributed by atoms with Crippen molar-refractivity contribution in [1.82, 2.24) is 14.3 Å². The third-order valence-corrected chi connectivity index (χ3v) is 7.10. The second-order valence-corrected chi connectivity index (χ2v) is 10.4. The van der Waals surface area contributed by atoms with Gasteiger partial charge in [-0.3, -0.25) is 18.9 Å². The first-order chi connectivity index (χ1) is 14.8. The molecule has 0 spiro atoms. The fraction of sp³-hybridized carbons (Fsp3) is 0.478. The Kier molecular flexibility index (Phi) is 6.48. The molecule has 0 aromatic carbocycles. The van der Waals surface area contributed by atoms with Gasteiger partial charge >= 0.3 is 0 Å². The average Bonchev–Trinajstić information content (AvgIpc) is 2.99. The molecule has 2 aliphatic rings. The van der Waals surface area contributed by atoms with E-state index >= 15 is 0 Å². The number of rotatable bonds is 5. The Balaban J connectivity index is 1.80. The van der Waals surface area contributed by atoms with Crippen molar-refractivity contribution < 1.29 is 4.79 Å². The van der Waals surface area contributed by atoms with Crippen LogP contribution in [0, 0.1) is 12.8 Å². The summed E-state index contributed by atoms with van der Waals surface area (Å²) in [6.45, 7) is 6.62. The van der Waals surface area contributed by atoms with Crippen molar-refractivity contribution in [2.75, 3.05) is 11.9 Å². The number of carbonyl (C=O) groups excluding carboxylic acids is 1. The van der Waals surface area contributed by atoms with Crippen molar-refractivity contribution in [2.45, 2.75) is 58.9 Å². The van der Waals surface area contributed by atoms with Crippen molar-refractivity contribution >= 4 is 51.7 Å². The topological polar surface area (TPSA) is 66.7 Å². The molecular weight excluding hydrogens is 428 g/mol. The molecule has 1 amide bonds. The number of thioether (sulfide) groups is 1. The van der Waals surface area contributed by atoms with E-state index in [1.807, 2.05) is 19.1 Å². The maximum atomic E-state index is 13.4. The lowest BCUT2D eigenvalue weighted by atomic mass is 9.95. The van der Waals surface area contributed by atoms with E-state index in [9.17, 15) is 9.59 Å². The lowest BCUT2D eigenvalue weighted by molar-refractivity contribution is -0.122. The molecule has 1 saturated heterocycles. The normalized spacial score (nSPS) is 19.2. The second kappa shape index (κ2) is 9.12. The monoisotopic (exact) mass is 456 g/mol. The van der Waals surface area contributed by atoms with E-state index in [-0.39, 0.29) is 17.5 Å². The molecule has 31 heavy (non-hydrogen) atoms. The number of hydrogen-bond acceptors (Lipinski definition) is 6. The summed E-state index contributed by atoms with van der Waals surface area (Å²) in [5.74, 6) is 0.725. The first-order valence-electron chi connectivity index (χ1n) is 10.9. The summed E-state index contributed by atoms with van der Waals surface area (Å²) in [6, 6.07) is 4.07. The summed E-state index contributed by atoms with van der Waals surface area (Å²) in [4.78, 5) is 33.4. The third kappa shape index (κ3) is 4.55. The first kappa shape index (κ1) is 22.0. The molecule has 1 aliphatic carbocycles. The predicted molar refractivity (Wildman–Crippen MR) is 131 cm³/mol. The van der Waals surface area contributed by atoms with Crippen LogP contribution in [0.15, 0.2) is 28.0 Å². The zero-order valence-corrected chi connectivity index (χ0v) is 19.8. The van der Waals surface area contributed by atoms with Crippen molar-refractivity contribution in [2.24, 2.45) is 5.92 Å². The van der Waals surface area contributed by atoms with Crippen LogP contribution in [0.4, 0.5) is 5.82 Å². The van der Waals surface area contributed by atoms with Gasteiger partial charge in [0.1, 0.15) is 15.8 Å². The second-order valence-electron chi connectivity index (χ2n) is 8.73. The van der Waals surface area contributed by atoms with Crippen LogP contribution < -0.4 is 10.9 Å². The minimum atomic E-state index is -0.180. The molecule has 3 heterocycles. The Morgan fingerprint density at radius 1 is 1.29 bits per heavy atom. The standard InChI is InChI=1S/C23H28N4O2S2/c1-14(2)13-27-22(29)18(31-23(27)30)12-17-19(24-16-9-5-4-6-10-16)25-20-15(3)8-7-11-26(20)21(17)28/h7-8,11-12,14,16,24H,4-6,9-10,13H2,1-3H3/b18-12+. The molecule has 2 fully saturated rings. The van der Waals surface area contributed by atoms with Gasteiger partial charge in [-0.15, -0.1) is 0 Å². The van der Waals surface area contributed by atoms with Crippen LogP contribution in [0.2, 0.25) is 0 Å². The highest BCUT2D eigenvalue weighted by atomic mass is 32.2. The molecular formula is C23H28N4O2S2. The zero-order valence-electron chi connectivity index (χ0n) is 18.2. The Hall–Kier alpha value is -2.19. The average molecular weight is 457 g/mol. The first-order valence-corrected chi connectivity index (χ1v) is 12.1. The fourth-order valence-corrected chi connectivity index (χ4v) is 5.40. The van der Waals surface area contributed by atoms with Crippen molar-refractivity contribution in [3.05, 3.63) is 44.7 Å². The number of amides is 1. The number of thiocarbonyl (C=S) groups is 1. The molecule has 4 rings (SSSR count). The van der Waals surface area contributed by atoms with Crippen LogP contribution in [0.1, 0.15) is 57.1 Å². The summed E-state index contributed by atoms with van der Waals surface area (Å²) in [7, 11) is 0. The van der Waals surface area contributed by atoms with E-state index in [2.05, 4.69) is 19.2 Å². The third-order valence-electron chi connectivity index (χ3n) is 5.73. The molecule has 2 aromatic rings. The van der Waals surface area contributed by atoms with Gasteiger partial charge in [-0.05, 0) is 43.4 Å². The summed E-state index contributed by atoms with van der Waals surface area (Å²) in [5.41, 5.74) is 1.80. The van der Waals surface area contributed by atoms with E-state index < -0.39 is 0 Å². The maximum absolute atomic E-state index is 13.4. The number of anilines is 1. The van der Waals surface area contributed by atoms with Crippen LogP contribution in [-0.4, -0.2) is 37.1 Å². The molecule has 2 aromatic heterocycles. The SMILES string of the molecule is Cc1cccn2c(=O)c(/C=C3/SC(=S)N(CC(C)C)C3=O)c(NC3CCCCC3)nc12. The van der Waals surface area contributed by atoms with Crippen LogP contribution in [-0.2, 0) is 4.79 Å². The number of aromatic nitrogens is 2. The molecule has 164 valence electrons. The Morgan fingerprint density at radius 3 is 2.74 bits per heavy atom. The predicted octanol–water partition coefficient (Wildman–Crippen LogP) is 4.60. The molecule has 1 N–H and O–H groups in total. The van der Waals surface area contributed by atoms with Gasteiger partial charge in [-0.1, -0.05) is 63.2 Å². The summed E-state index contributed by atoms with van der Waals surface area (Å²) in [5, 5.41) is 3.52. The van der Waals surface area contributed by atoms with Crippen molar-refractivity contribution in [1.29, 1.82) is 0 Å². The molecule has 1 saturated carbocycles. The number of nitrogens with one attached hydrogen (secondary N) is 1. The van der Waals surface area contributed by atoms with E-state index in [1.54, 1.807) is 21.6 Å². The highest BCUT2D eigenvalue weighted by Crippen LogP contribution is 2.34. The highest BCUT2D eigenvalue weighted by Gasteiger charge is 2.33. The van der Waals surface area contributed by atoms with Crippen LogP contribution in [0.3, 0.4) is 0 Å². The highest BCUT2D eigenvalue weighted by molar-refractivity contribution is 8.26. The summed E-state index contributed by atoms with van der Waals surface area (Å²) >= 11 is 6.69. The van der Waals surface area contributed by atoms with E-state index in [1.165, 1.54) is 31.0 Å². The Labute approximate surface area is 192 Å². The van der Waals surface area contributed by atoms with Crippen LogP contribution in [0.25, 0.3) is 11.7 Å². The molecule has 0 atom stereocenters. The minimum Gasteiger partial charge on any atom is -0.367 e. The molecule has 1 aliphatic heterocycles. The lowest BCUT2D eigenvalue weighted by Crippen LogP contribution is -2.31. The Bertz CT molecular complexity index is 1120. The molecule has 6 nitrogen and oxygen atoms in total. The maximum Gasteiger partial charge on any atom is 0.267 e. The number of nitrogens with zero attached hydrogens (tertiary/aromatic N) is 3. The molecule has 8 heteroatoms. The number of pyridine rings is 1. The smallest absolute Gasteiger partial charge is 0.267 e. The lowest BCUT2D eigenvalue weighted by Gasteiger charge is -2.24. The van der Waals surface area contributed by atoms with Gasteiger partial charge in [0.25, 0.3) is 11.5 Å². The van der Waals surface area contributed by atoms with Crippen molar-refractivity contribution in [3.63, 3.8) is 0 Å². The summed E-state index contributed by atoms with van der Waals surface area (Å²) < 4.78 is 2.10. The fourth-order valence-electron chi connectivity index (χ4n) is 4.15. The van der Waals surface area contributed by atoms with E-state index in [0.29, 0.717) is 38.7 Å². The van der Waals surface area contributed by atoms with Gasteiger partial charge in [-0.25, -0.2) is 4.98 Å². The van der Waals surface area contributed by atoms with E-state index in [4.69, 9.17) is 17.2 Å². The number of hydrogen-bond donors (Lipinski definition) is 1. The number of aryl methyl sites for hydroxylation is 1. The Morgan fingerprint density at radius 2 is 2.03 bits per heavy atom.